The molecule has 1 fully saturated rings. The highest BCUT2D eigenvalue weighted by Crippen LogP contribution is 2.31. The molecular weight excluding hydrogens is 242 g/mol. The Labute approximate surface area is 113 Å². The quantitative estimate of drug-likeness (QED) is 0.882. The number of rotatable bonds is 2. The molecule has 19 heavy (non-hydrogen) atoms. The first kappa shape index (κ1) is 12.6. The van der Waals surface area contributed by atoms with Gasteiger partial charge in [0.25, 0.3) is 0 Å². The summed E-state index contributed by atoms with van der Waals surface area (Å²) in [6, 6.07) is 8.39. The molecule has 2 heterocycles. The van der Waals surface area contributed by atoms with E-state index >= 15 is 0 Å². The lowest BCUT2D eigenvalue weighted by Crippen LogP contribution is -2.45. The van der Waals surface area contributed by atoms with E-state index in [4.69, 9.17) is 4.74 Å². The zero-order valence-electron chi connectivity index (χ0n) is 10.9. The van der Waals surface area contributed by atoms with Gasteiger partial charge in [0.1, 0.15) is 0 Å². The van der Waals surface area contributed by atoms with Crippen LogP contribution in [0.15, 0.2) is 24.3 Å². The highest BCUT2D eigenvalue weighted by Gasteiger charge is 2.33. The third-order valence-corrected chi connectivity index (χ3v) is 4.23. The van der Waals surface area contributed by atoms with Gasteiger partial charge in [0.15, 0.2) is 0 Å². The van der Waals surface area contributed by atoms with Gasteiger partial charge in [-0.1, -0.05) is 24.3 Å². The molecule has 1 aromatic rings. The summed E-state index contributed by atoms with van der Waals surface area (Å²) in [6.07, 6.45) is 2.02. The SMILES string of the molecule is O=C(O)C1CN(C2CCOCC2)Cc2ccccc21. The predicted octanol–water partition coefficient (Wildman–Crippen LogP) is 1.85. The third-order valence-electron chi connectivity index (χ3n) is 4.23. The number of benzene rings is 1. The first-order valence-corrected chi connectivity index (χ1v) is 6.88. The Balaban J connectivity index is 1.85. The predicted molar refractivity (Wildman–Crippen MR) is 71.1 cm³/mol. The molecule has 102 valence electrons. The van der Waals surface area contributed by atoms with Crippen LogP contribution in [0.1, 0.15) is 29.9 Å². The van der Waals surface area contributed by atoms with Crippen molar-refractivity contribution >= 4 is 5.97 Å². The van der Waals surface area contributed by atoms with Crippen LogP contribution in [0.2, 0.25) is 0 Å². The van der Waals surface area contributed by atoms with Crippen molar-refractivity contribution in [2.45, 2.75) is 31.3 Å². The van der Waals surface area contributed by atoms with Crippen molar-refractivity contribution in [3.05, 3.63) is 35.4 Å². The van der Waals surface area contributed by atoms with E-state index in [-0.39, 0.29) is 0 Å². The maximum Gasteiger partial charge on any atom is 0.312 e. The molecule has 0 aromatic heterocycles. The number of nitrogens with zero attached hydrogens (tertiary/aromatic N) is 1. The van der Waals surface area contributed by atoms with Gasteiger partial charge in [-0.15, -0.1) is 0 Å². The van der Waals surface area contributed by atoms with Crippen molar-refractivity contribution in [3.8, 4) is 0 Å². The van der Waals surface area contributed by atoms with Crippen LogP contribution in [0, 0.1) is 0 Å². The van der Waals surface area contributed by atoms with Gasteiger partial charge in [0.05, 0.1) is 5.92 Å². The van der Waals surface area contributed by atoms with Crippen LogP contribution in [0.5, 0.6) is 0 Å². The third kappa shape index (κ3) is 2.51. The van der Waals surface area contributed by atoms with E-state index in [0.29, 0.717) is 12.6 Å². The number of aliphatic carboxylic acids is 1. The first-order valence-electron chi connectivity index (χ1n) is 6.88. The zero-order chi connectivity index (χ0) is 13.2. The molecule has 4 nitrogen and oxygen atoms in total. The van der Waals surface area contributed by atoms with Crippen LogP contribution in [-0.4, -0.2) is 41.8 Å². The molecule has 0 spiro atoms. The minimum absolute atomic E-state index is 0.396. The topological polar surface area (TPSA) is 49.8 Å². The normalized spacial score (nSPS) is 24.9. The number of fused-ring (bicyclic) bond motifs is 1. The summed E-state index contributed by atoms with van der Waals surface area (Å²) in [7, 11) is 0. The molecule has 4 heteroatoms. The number of hydrogen-bond donors (Lipinski definition) is 1. The lowest BCUT2D eigenvalue weighted by molar-refractivity contribution is -0.140. The summed E-state index contributed by atoms with van der Waals surface area (Å²) in [5.74, 6) is -1.11. The van der Waals surface area contributed by atoms with Crippen molar-refractivity contribution in [1.82, 2.24) is 4.90 Å². The second-order valence-corrected chi connectivity index (χ2v) is 5.36. The van der Waals surface area contributed by atoms with Gasteiger partial charge < -0.3 is 9.84 Å². The zero-order valence-corrected chi connectivity index (χ0v) is 10.9. The van der Waals surface area contributed by atoms with Crippen LogP contribution in [0.25, 0.3) is 0 Å². The Morgan fingerprint density at radius 3 is 2.74 bits per heavy atom. The molecule has 1 N–H and O–H groups in total. The van der Waals surface area contributed by atoms with E-state index in [0.717, 1.165) is 43.7 Å². The molecular formula is C15H19NO3. The molecule has 1 atom stereocenters. The first-order chi connectivity index (χ1) is 9.25. The van der Waals surface area contributed by atoms with Crippen LogP contribution in [0.4, 0.5) is 0 Å². The molecule has 0 saturated carbocycles. The van der Waals surface area contributed by atoms with Gasteiger partial charge in [0, 0.05) is 32.3 Å². The highest BCUT2D eigenvalue weighted by molar-refractivity contribution is 5.77. The number of hydrogen-bond acceptors (Lipinski definition) is 3. The van der Waals surface area contributed by atoms with Gasteiger partial charge in [0.2, 0.25) is 0 Å². The average molecular weight is 261 g/mol. The van der Waals surface area contributed by atoms with E-state index in [1.54, 1.807) is 0 Å². The van der Waals surface area contributed by atoms with Crippen molar-refractivity contribution in [2.75, 3.05) is 19.8 Å². The Bertz CT molecular complexity index is 468. The number of carboxylic acid groups (broad SMARTS) is 1. The van der Waals surface area contributed by atoms with E-state index in [1.165, 1.54) is 0 Å². The molecule has 0 amide bonds. The smallest absolute Gasteiger partial charge is 0.312 e. The molecule has 3 rings (SSSR count). The standard InChI is InChI=1S/C15H19NO3/c17-15(18)14-10-16(12-5-7-19-8-6-12)9-11-3-1-2-4-13(11)14/h1-4,12,14H,5-10H2,(H,17,18). The lowest BCUT2D eigenvalue weighted by Gasteiger charge is -2.39. The molecule has 1 saturated heterocycles. The van der Waals surface area contributed by atoms with Gasteiger partial charge in [-0.25, -0.2) is 0 Å². The Morgan fingerprint density at radius 2 is 2.00 bits per heavy atom. The van der Waals surface area contributed by atoms with Crippen LogP contribution in [0.3, 0.4) is 0 Å². The second kappa shape index (κ2) is 5.31. The maximum absolute atomic E-state index is 11.5. The Kier molecular flexibility index (Phi) is 3.53. The fraction of sp³-hybridized carbons (Fsp3) is 0.533. The summed E-state index contributed by atoms with van der Waals surface area (Å²) in [5, 5.41) is 9.45. The molecule has 1 unspecified atom stereocenters. The monoisotopic (exact) mass is 261 g/mol. The van der Waals surface area contributed by atoms with E-state index in [1.807, 2.05) is 18.2 Å². The van der Waals surface area contributed by atoms with E-state index in [2.05, 4.69) is 11.0 Å². The van der Waals surface area contributed by atoms with Crippen LogP contribution in [-0.2, 0) is 16.1 Å². The van der Waals surface area contributed by atoms with Gasteiger partial charge in [-0.05, 0) is 24.0 Å². The lowest BCUT2D eigenvalue weighted by atomic mass is 9.88. The molecule has 0 radical (unpaired) electrons. The second-order valence-electron chi connectivity index (χ2n) is 5.36. The molecule has 1 aromatic carbocycles. The van der Waals surface area contributed by atoms with Crippen LogP contribution >= 0.6 is 0 Å². The molecule has 2 aliphatic heterocycles. The summed E-state index contributed by atoms with van der Waals surface area (Å²) < 4.78 is 5.39. The number of carbonyl (C=O) groups is 1. The van der Waals surface area contributed by atoms with E-state index in [9.17, 15) is 9.90 Å². The van der Waals surface area contributed by atoms with Gasteiger partial charge >= 0.3 is 5.97 Å². The van der Waals surface area contributed by atoms with Crippen molar-refractivity contribution in [1.29, 1.82) is 0 Å². The Hall–Kier alpha value is -1.39. The van der Waals surface area contributed by atoms with Gasteiger partial charge in [-0.3, -0.25) is 9.69 Å². The minimum Gasteiger partial charge on any atom is -0.481 e. The maximum atomic E-state index is 11.5. The number of ether oxygens (including phenoxy) is 1. The Morgan fingerprint density at radius 1 is 1.26 bits per heavy atom. The molecule has 0 aliphatic carbocycles. The minimum atomic E-state index is -0.718. The highest BCUT2D eigenvalue weighted by atomic mass is 16.5. The number of carboxylic acids is 1. The van der Waals surface area contributed by atoms with Crippen molar-refractivity contribution in [3.63, 3.8) is 0 Å². The largest absolute Gasteiger partial charge is 0.481 e. The molecule has 0 bridgehead atoms. The van der Waals surface area contributed by atoms with Crippen molar-refractivity contribution < 1.29 is 14.6 Å². The van der Waals surface area contributed by atoms with Gasteiger partial charge in [-0.2, -0.15) is 0 Å². The van der Waals surface area contributed by atoms with E-state index < -0.39 is 11.9 Å². The van der Waals surface area contributed by atoms with Crippen molar-refractivity contribution in [2.24, 2.45) is 0 Å². The van der Waals surface area contributed by atoms with Crippen LogP contribution < -0.4 is 0 Å². The fourth-order valence-electron chi connectivity index (χ4n) is 3.17. The summed E-state index contributed by atoms with van der Waals surface area (Å²) in [4.78, 5) is 13.8. The molecule has 2 aliphatic rings. The summed E-state index contributed by atoms with van der Waals surface area (Å²) in [6.45, 7) is 3.07. The average Bonchev–Trinajstić information content (AvgIpc) is 2.47. The summed E-state index contributed by atoms with van der Waals surface area (Å²) >= 11 is 0. The summed E-state index contributed by atoms with van der Waals surface area (Å²) in [5.41, 5.74) is 2.14. The fourth-order valence-corrected chi connectivity index (χ4v) is 3.17.